The van der Waals surface area contributed by atoms with Crippen molar-refractivity contribution in [3.05, 3.63) is 59.3 Å². The molecule has 2 aliphatic heterocycles. The van der Waals surface area contributed by atoms with Crippen LogP contribution in [-0.2, 0) is 9.53 Å². The van der Waals surface area contributed by atoms with Gasteiger partial charge in [0.2, 0.25) is 5.91 Å². The number of benzene rings is 1. The van der Waals surface area contributed by atoms with Crippen molar-refractivity contribution < 1.29 is 14.3 Å². The predicted octanol–water partition coefficient (Wildman–Crippen LogP) is 6.35. The zero-order valence-electron chi connectivity index (χ0n) is 23.5. The van der Waals surface area contributed by atoms with Crippen LogP contribution in [0.4, 0.5) is 16.3 Å². The molecule has 202 valence electrons. The summed E-state index contributed by atoms with van der Waals surface area (Å²) >= 11 is 0. The predicted molar refractivity (Wildman–Crippen MR) is 151 cm³/mol. The largest absolute Gasteiger partial charge is 0.444 e. The molecule has 7 heteroatoms. The number of aromatic nitrogens is 1. The highest BCUT2D eigenvalue weighted by Crippen LogP contribution is 2.50. The molecule has 0 radical (unpaired) electrons. The summed E-state index contributed by atoms with van der Waals surface area (Å²) in [5.41, 5.74) is 4.93. The molecule has 3 heterocycles. The van der Waals surface area contributed by atoms with E-state index in [1.165, 1.54) is 18.4 Å². The number of ether oxygens (including phenoxy) is 1. The maximum atomic E-state index is 13.0. The lowest BCUT2D eigenvalue weighted by Gasteiger charge is -2.46. The molecule has 1 N–H and O–H groups in total. The Morgan fingerprint density at radius 3 is 2.50 bits per heavy atom. The molecule has 1 aromatic heterocycles. The number of nitrogens with one attached hydrogen (secondary N) is 1. The topological polar surface area (TPSA) is 74.8 Å². The Hall–Kier alpha value is -3.35. The molecule has 2 aromatic rings. The third-order valence-electron chi connectivity index (χ3n) is 7.85. The number of fused-ring (bicyclic) bond motifs is 1. The van der Waals surface area contributed by atoms with E-state index in [0.717, 1.165) is 34.7 Å². The number of hydrogen-bond donors (Lipinski definition) is 1. The van der Waals surface area contributed by atoms with E-state index in [1.807, 2.05) is 50.8 Å². The number of carbonyl (C=O) groups is 2. The number of amides is 2. The van der Waals surface area contributed by atoms with Gasteiger partial charge in [0.1, 0.15) is 11.4 Å². The molecule has 1 saturated carbocycles. The molecule has 38 heavy (non-hydrogen) atoms. The molecule has 0 spiro atoms. The standard InChI is InChI=1S/C31H40N4O3/c1-19-8-7-9-27(32-19)33-28-20(2)29(23-10-11-23)35(21(3)36)26-13-12-24(18-25(26)28)22-14-16-34(17-15-22)30(37)38-31(4,5)6/h7-9,12-14,18,20,23,28-29H,10-11,15-17H2,1-6H3,(H,32,33)/t20-,28?,29?/m1/s1. The molecule has 1 aliphatic carbocycles. The van der Waals surface area contributed by atoms with Crippen LogP contribution in [0.1, 0.15) is 76.7 Å². The highest BCUT2D eigenvalue weighted by Gasteiger charge is 2.47. The van der Waals surface area contributed by atoms with Crippen LogP contribution in [0.5, 0.6) is 0 Å². The van der Waals surface area contributed by atoms with Gasteiger partial charge in [-0.1, -0.05) is 25.1 Å². The van der Waals surface area contributed by atoms with Gasteiger partial charge in [0.05, 0.1) is 6.04 Å². The number of pyridine rings is 1. The van der Waals surface area contributed by atoms with Crippen LogP contribution in [0.15, 0.2) is 42.5 Å². The fourth-order valence-corrected chi connectivity index (χ4v) is 5.97. The van der Waals surface area contributed by atoms with Gasteiger partial charge in [0.25, 0.3) is 0 Å². The summed E-state index contributed by atoms with van der Waals surface area (Å²) < 4.78 is 5.56. The molecule has 2 amide bonds. The van der Waals surface area contributed by atoms with E-state index < -0.39 is 5.60 Å². The van der Waals surface area contributed by atoms with E-state index in [4.69, 9.17) is 9.72 Å². The molecule has 7 nitrogen and oxygen atoms in total. The Kier molecular flexibility index (Phi) is 6.97. The number of aryl methyl sites for hydroxylation is 1. The lowest BCUT2D eigenvalue weighted by atomic mass is 9.79. The van der Waals surface area contributed by atoms with Crippen molar-refractivity contribution in [2.75, 3.05) is 23.3 Å². The minimum atomic E-state index is -0.509. The van der Waals surface area contributed by atoms with Gasteiger partial charge in [-0.3, -0.25) is 4.79 Å². The van der Waals surface area contributed by atoms with Gasteiger partial charge in [-0.05, 0) is 93.8 Å². The van der Waals surface area contributed by atoms with Gasteiger partial charge in [0.15, 0.2) is 0 Å². The second kappa shape index (κ2) is 10.1. The Morgan fingerprint density at radius 2 is 1.89 bits per heavy atom. The summed E-state index contributed by atoms with van der Waals surface area (Å²) in [4.78, 5) is 34.0. The van der Waals surface area contributed by atoms with Gasteiger partial charge >= 0.3 is 6.09 Å². The van der Waals surface area contributed by atoms with Crippen molar-refractivity contribution in [3.8, 4) is 0 Å². The van der Waals surface area contributed by atoms with Crippen molar-refractivity contribution in [2.24, 2.45) is 11.8 Å². The van der Waals surface area contributed by atoms with Crippen LogP contribution in [0.25, 0.3) is 5.57 Å². The Balaban J connectivity index is 1.48. The summed E-state index contributed by atoms with van der Waals surface area (Å²) in [6.07, 6.45) is 4.95. The molecule has 2 unspecified atom stereocenters. The quantitative estimate of drug-likeness (QED) is 0.513. The van der Waals surface area contributed by atoms with E-state index in [1.54, 1.807) is 11.8 Å². The van der Waals surface area contributed by atoms with Crippen molar-refractivity contribution in [3.63, 3.8) is 0 Å². The van der Waals surface area contributed by atoms with Crippen LogP contribution >= 0.6 is 0 Å². The van der Waals surface area contributed by atoms with E-state index in [-0.39, 0.29) is 30.0 Å². The van der Waals surface area contributed by atoms with Gasteiger partial charge in [0, 0.05) is 43.4 Å². The molecule has 3 atom stereocenters. The zero-order valence-corrected chi connectivity index (χ0v) is 23.5. The number of rotatable bonds is 4. The van der Waals surface area contributed by atoms with Crippen LogP contribution in [0, 0.1) is 18.8 Å². The first-order valence-electron chi connectivity index (χ1n) is 13.8. The SMILES string of the molecule is CC(=O)N1c2ccc(C3=CCN(C(=O)OC(C)(C)C)CC3)cc2C(Nc2cccc(C)n2)[C@@H](C)C1C1CC1. The number of nitrogens with zero attached hydrogens (tertiary/aromatic N) is 3. The number of carbonyl (C=O) groups excluding carboxylic acids is 2. The van der Waals surface area contributed by atoms with Crippen molar-refractivity contribution in [2.45, 2.75) is 78.5 Å². The van der Waals surface area contributed by atoms with Crippen molar-refractivity contribution in [1.29, 1.82) is 0 Å². The van der Waals surface area contributed by atoms with Crippen LogP contribution in [0.2, 0.25) is 0 Å². The van der Waals surface area contributed by atoms with E-state index >= 15 is 0 Å². The fraction of sp³-hybridized carbons (Fsp3) is 0.516. The molecule has 1 aromatic carbocycles. The first-order chi connectivity index (χ1) is 18.0. The second-order valence-electron chi connectivity index (χ2n) is 12.0. The van der Waals surface area contributed by atoms with Crippen LogP contribution in [0.3, 0.4) is 0 Å². The fourth-order valence-electron chi connectivity index (χ4n) is 5.97. The minimum Gasteiger partial charge on any atom is -0.444 e. The van der Waals surface area contributed by atoms with Crippen molar-refractivity contribution >= 4 is 29.1 Å². The van der Waals surface area contributed by atoms with Gasteiger partial charge in [-0.2, -0.15) is 0 Å². The third-order valence-corrected chi connectivity index (χ3v) is 7.85. The molecule has 5 rings (SSSR count). The number of hydrogen-bond acceptors (Lipinski definition) is 5. The average molecular weight is 517 g/mol. The summed E-state index contributed by atoms with van der Waals surface area (Å²) in [5, 5.41) is 3.74. The summed E-state index contributed by atoms with van der Waals surface area (Å²) in [5.74, 6) is 1.71. The van der Waals surface area contributed by atoms with Gasteiger partial charge < -0.3 is 19.9 Å². The first-order valence-corrected chi connectivity index (χ1v) is 13.8. The summed E-state index contributed by atoms with van der Waals surface area (Å²) in [7, 11) is 0. The third kappa shape index (κ3) is 5.42. The van der Waals surface area contributed by atoms with Crippen LogP contribution in [-0.4, -0.2) is 46.6 Å². The molecule has 1 fully saturated rings. The highest BCUT2D eigenvalue weighted by atomic mass is 16.6. The van der Waals surface area contributed by atoms with Crippen molar-refractivity contribution in [1.82, 2.24) is 9.88 Å². The lowest BCUT2D eigenvalue weighted by molar-refractivity contribution is -0.117. The number of anilines is 2. The molecule has 0 bridgehead atoms. The monoisotopic (exact) mass is 516 g/mol. The summed E-state index contributed by atoms with van der Waals surface area (Å²) in [6.45, 7) is 12.8. The van der Waals surface area contributed by atoms with Crippen LogP contribution < -0.4 is 10.2 Å². The summed E-state index contributed by atoms with van der Waals surface area (Å²) in [6, 6.07) is 12.7. The molecule has 3 aliphatic rings. The van der Waals surface area contributed by atoms with E-state index in [9.17, 15) is 9.59 Å². The Labute approximate surface area is 226 Å². The minimum absolute atomic E-state index is 0.0305. The average Bonchev–Trinajstić information content (AvgIpc) is 3.69. The molecular formula is C31H40N4O3. The Morgan fingerprint density at radius 1 is 1.13 bits per heavy atom. The van der Waals surface area contributed by atoms with Gasteiger partial charge in [-0.25, -0.2) is 9.78 Å². The second-order valence-corrected chi connectivity index (χ2v) is 12.0. The lowest BCUT2D eigenvalue weighted by Crippen LogP contribution is -2.51. The Bertz CT molecular complexity index is 1260. The molecule has 0 saturated heterocycles. The molecular weight excluding hydrogens is 476 g/mol. The van der Waals surface area contributed by atoms with Gasteiger partial charge in [-0.15, -0.1) is 0 Å². The zero-order chi connectivity index (χ0) is 27.2. The van der Waals surface area contributed by atoms with E-state index in [0.29, 0.717) is 19.0 Å². The maximum absolute atomic E-state index is 13.0. The van der Waals surface area contributed by atoms with E-state index in [2.05, 4.69) is 36.5 Å². The maximum Gasteiger partial charge on any atom is 0.410 e. The first kappa shape index (κ1) is 26.3. The normalized spacial score (nSPS) is 23.4. The highest BCUT2D eigenvalue weighted by molar-refractivity contribution is 5.94. The smallest absolute Gasteiger partial charge is 0.410 e.